The number of ether oxygens (including phenoxy) is 3. The molecular weight excluding hydrogens is 985 g/mol. The highest BCUT2D eigenvalue weighted by Gasteiger charge is 2.20. The van der Waals surface area contributed by atoms with Crippen molar-refractivity contribution in [3.63, 3.8) is 0 Å². The third kappa shape index (κ3) is 66.9. The minimum absolute atomic E-state index is 0.0621. The Morgan fingerprint density at radius 2 is 0.412 bits per heavy atom. The van der Waals surface area contributed by atoms with E-state index in [0.717, 1.165) is 57.8 Å². The molecule has 0 aromatic heterocycles. The Morgan fingerprint density at radius 3 is 0.625 bits per heavy atom. The molecule has 0 saturated heterocycles. The fourth-order valence-electron chi connectivity index (χ4n) is 11.5. The van der Waals surface area contributed by atoms with Gasteiger partial charge in [0.15, 0.2) is 6.10 Å². The van der Waals surface area contributed by atoms with Crippen LogP contribution in [0.1, 0.15) is 425 Å². The van der Waals surface area contributed by atoms with Crippen LogP contribution in [0.2, 0.25) is 0 Å². The van der Waals surface area contributed by atoms with Crippen molar-refractivity contribution in [1.29, 1.82) is 0 Å². The molecule has 1 atom stereocenters. The molecule has 0 aliphatic rings. The number of hydrogen-bond donors (Lipinski definition) is 0. The smallest absolute Gasteiger partial charge is 0.306 e. The Balaban J connectivity index is 4.11. The first-order chi connectivity index (χ1) is 39.5. The SMILES string of the molecule is CCCCCCCCCC/C=C\CCCCCCCCCCCCCCCCCCCC(=O)OCC(COC(=O)CCCCCCCCCCCCC)OC(=O)CCCCCCCCCCCCCCCCCCCCCCCC. The van der Waals surface area contributed by atoms with E-state index in [1.165, 1.54) is 327 Å². The van der Waals surface area contributed by atoms with Crippen LogP contribution < -0.4 is 0 Å². The number of hydrogen-bond acceptors (Lipinski definition) is 6. The molecule has 0 radical (unpaired) electrons. The van der Waals surface area contributed by atoms with Crippen LogP contribution in [-0.2, 0) is 28.6 Å². The number of rotatable bonds is 69. The van der Waals surface area contributed by atoms with E-state index in [1.54, 1.807) is 0 Å². The lowest BCUT2D eigenvalue weighted by atomic mass is 10.0. The average Bonchev–Trinajstić information content (AvgIpc) is 3.46. The molecule has 6 heteroatoms. The number of allylic oxidation sites excluding steroid dienone is 2. The highest BCUT2D eigenvalue weighted by molar-refractivity contribution is 5.71. The zero-order chi connectivity index (χ0) is 57.8. The van der Waals surface area contributed by atoms with Gasteiger partial charge in [-0.3, -0.25) is 14.4 Å². The fourth-order valence-corrected chi connectivity index (χ4v) is 11.5. The summed E-state index contributed by atoms with van der Waals surface area (Å²) in [4.78, 5) is 38.4. The second-order valence-corrected chi connectivity index (χ2v) is 25.2. The van der Waals surface area contributed by atoms with Crippen LogP contribution in [0.3, 0.4) is 0 Å². The first kappa shape index (κ1) is 78.1. The molecule has 0 amide bonds. The summed E-state index contributed by atoms with van der Waals surface area (Å²) in [7, 11) is 0. The van der Waals surface area contributed by atoms with Crippen LogP contribution in [-0.4, -0.2) is 37.2 Å². The number of esters is 3. The van der Waals surface area contributed by atoms with Crippen LogP contribution in [0.15, 0.2) is 12.2 Å². The molecule has 0 spiro atoms. The van der Waals surface area contributed by atoms with E-state index in [-0.39, 0.29) is 31.1 Å². The summed E-state index contributed by atoms with van der Waals surface area (Å²) in [5, 5.41) is 0. The Bertz CT molecular complexity index is 1250. The van der Waals surface area contributed by atoms with E-state index in [9.17, 15) is 14.4 Å². The Morgan fingerprint density at radius 1 is 0.237 bits per heavy atom. The Kier molecular flexibility index (Phi) is 68.0. The van der Waals surface area contributed by atoms with Gasteiger partial charge in [-0.2, -0.15) is 0 Å². The summed E-state index contributed by atoms with van der Waals surface area (Å²) < 4.78 is 17.0. The number of carbonyl (C=O) groups excluding carboxylic acids is 3. The lowest BCUT2D eigenvalue weighted by Gasteiger charge is -2.18. The molecule has 0 aromatic carbocycles. The minimum Gasteiger partial charge on any atom is -0.462 e. The lowest BCUT2D eigenvalue weighted by molar-refractivity contribution is -0.167. The Hall–Kier alpha value is -1.85. The second kappa shape index (κ2) is 69.6. The minimum atomic E-state index is -0.765. The molecule has 0 N–H and O–H groups in total. The van der Waals surface area contributed by atoms with Crippen molar-refractivity contribution < 1.29 is 28.6 Å². The predicted molar refractivity (Wildman–Crippen MR) is 349 cm³/mol. The molecule has 1 unspecified atom stereocenters. The van der Waals surface area contributed by atoms with Gasteiger partial charge in [-0.15, -0.1) is 0 Å². The first-order valence-corrected chi connectivity index (χ1v) is 36.7. The topological polar surface area (TPSA) is 78.9 Å². The maximum absolute atomic E-state index is 12.9. The maximum atomic E-state index is 12.9. The second-order valence-electron chi connectivity index (χ2n) is 25.2. The standard InChI is InChI=1S/C74H142O6/c1-4-7-10-13-16-19-22-24-26-28-30-32-34-35-36-37-38-39-40-42-43-45-47-49-52-55-58-61-64-67-73(76)79-70-71(69-78-72(75)66-63-60-57-54-51-21-18-15-12-9-6-3)80-74(77)68-65-62-59-56-53-50-48-46-44-41-33-31-29-27-25-23-20-17-14-11-8-5-2/h28,30,71H,4-27,29,31-70H2,1-3H3/b30-28-. The van der Waals surface area contributed by atoms with Crippen molar-refractivity contribution in [2.45, 2.75) is 431 Å². The van der Waals surface area contributed by atoms with Gasteiger partial charge >= 0.3 is 17.9 Å². The normalized spacial score (nSPS) is 12.0. The van der Waals surface area contributed by atoms with Gasteiger partial charge < -0.3 is 14.2 Å². The monoisotopic (exact) mass is 1130 g/mol. The zero-order valence-corrected chi connectivity index (χ0v) is 54.6. The molecule has 474 valence electrons. The van der Waals surface area contributed by atoms with E-state index in [4.69, 9.17) is 14.2 Å². The highest BCUT2D eigenvalue weighted by atomic mass is 16.6. The van der Waals surface area contributed by atoms with Gasteiger partial charge in [-0.25, -0.2) is 0 Å². The summed E-state index contributed by atoms with van der Waals surface area (Å²) in [6, 6.07) is 0. The predicted octanol–water partition coefficient (Wildman–Crippen LogP) is 25.2. The molecule has 0 bridgehead atoms. The van der Waals surface area contributed by atoms with Crippen molar-refractivity contribution in [2.24, 2.45) is 0 Å². The van der Waals surface area contributed by atoms with Crippen molar-refractivity contribution in [3.05, 3.63) is 12.2 Å². The quantitative estimate of drug-likeness (QED) is 0.0261. The van der Waals surface area contributed by atoms with Crippen molar-refractivity contribution in [2.75, 3.05) is 13.2 Å². The zero-order valence-electron chi connectivity index (χ0n) is 54.6. The van der Waals surface area contributed by atoms with Gasteiger partial charge in [0.1, 0.15) is 13.2 Å². The average molecular weight is 1130 g/mol. The van der Waals surface area contributed by atoms with Gasteiger partial charge in [0, 0.05) is 19.3 Å². The van der Waals surface area contributed by atoms with Crippen molar-refractivity contribution in [1.82, 2.24) is 0 Å². The van der Waals surface area contributed by atoms with Crippen molar-refractivity contribution in [3.8, 4) is 0 Å². The maximum Gasteiger partial charge on any atom is 0.306 e. The van der Waals surface area contributed by atoms with Gasteiger partial charge in [0.2, 0.25) is 0 Å². The molecule has 0 fully saturated rings. The van der Waals surface area contributed by atoms with Crippen LogP contribution in [0.5, 0.6) is 0 Å². The van der Waals surface area contributed by atoms with Crippen molar-refractivity contribution >= 4 is 17.9 Å². The van der Waals surface area contributed by atoms with E-state index in [2.05, 4.69) is 32.9 Å². The molecule has 0 aliphatic carbocycles. The molecule has 0 heterocycles. The van der Waals surface area contributed by atoms with Crippen LogP contribution in [0, 0.1) is 0 Å². The molecule has 0 rings (SSSR count). The van der Waals surface area contributed by atoms with E-state index < -0.39 is 6.10 Å². The van der Waals surface area contributed by atoms with Crippen LogP contribution in [0.25, 0.3) is 0 Å². The largest absolute Gasteiger partial charge is 0.462 e. The van der Waals surface area contributed by atoms with Gasteiger partial charge in [-0.05, 0) is 44.9 Å². The van der Waals surface area contributed by atoms with E-state index >= 15 is 0 Å². The lowest BCUT2D eigenvalue weighted by Crippen LogP contribution is -2.30. The number of carbonyl (C=O) groups is 3. The van der Waals surface area contributed by atoms with Gasteiger partial charge in [-0.1, -0.05) is 373 Å². The summed E-state index contributed by atoms with van der Waals surface area (Å²) in [5.74, 6) is -0.826. The third-order valence-electron chi connectivity index (χ3n) is 17.0. The van der Waals surface area contributed by atoms with Gasteiger partial charge in [0.25, 0.3) is 0 Å². The first-order valence-electron chi connectivity index (χ1n) is 36.7. The molecular formula is C74H142O6. The van der Waals surface area contributed by atoms with E-state index in [0.29, 0.717) is 19.3 Å². The highest BCUT2D eigenvalue weighted by Crippen LogP contribution is 2.19. The summed E-state index contributed by atoms with van der Waals surface area (Å²) in [6.07, 6.45) is 84.1. The summed E-state index contributed by atoms with van der Waals surface area (Å²) in [5.41, 5.74) is 0. The molecule has 0 saturated carbocycles. The fraction of sp³-hybridized carbons (Fsp3) is 0.932. The van der Waals surface area contributed by atoms with Gasteiger partial charge in [0.05, 0.1) is 0 Å². The Labute approximate surface area is 501 Å². The number of unbranched alkanes of at least 4 members (excludes halogenated alkanes) is 56. The molecule has 80 heavy (non-hydrogen) atoms. The molecule has 0 aromatic rings. The summed E-state index contributed by atoms with van der Waals surface area (Å²) >= 11 is 0. The van der Waals surface area contributed by atoms with E-state index in [1.807, 2.05) is 0 Å². The molecule has 6 nitrogen and oxygen atoms in total. The van der Waals surface area contributed by atoms with Crippen LogP contribution >= 0.6 is 0 Å². The summed E-state index contributed by atoms with van der Waals surface area (Å²) in [6.45, 7) is 6.73. The molecule has 0 aliphatic heterocycles. The third-order valence-corrected chi connectivity index (χ3v) is 17.0. The van der Waals surface area contributed by atoms with Crippen LogP contribution in [0.4, 0.5) is 0 Å².